The summed E-state index contributed by atoms with van der Waals surface area (Å²) in [5.74, 6) is 0.602. The van der Waals surface area contributed by atoms with Gasteiger partial charge in [-0.1, -0.05) is 24.3 Å². The van der Waals surface area contributed by atoms with Gasteiger partial charge in [0.15, 0.2) is 0 Å². The molecule has 0 aromatic heterocycles. The molecule has 2 aromatic rings. The van der Waals surface area contributed by atoms with Gasteiger partial charge < -0.3 is 20.1 Å². The number of piperidine rings is 1. The van der Waals surface area contributed by atoms with E-state index in [4.69, 9.17) is 4.74 Å². The standard InChI is InChI=1S/C22H27FN2O3/c1-28-20-10-6-18(7-11-20)21(13-16-4-8-19(23)9-5-16)24-22(27)25-12-2-3-17(14-25)15-26/h4-11,17,21,26H,2-3,12-15H2,1H3,(H,24,27). The summed E-state index contributed by atoms with van der Waals surface area (Å²) in [7, 11) is 1.61. The quantitative estimate of drug-likeness (QED) is 0.798. The first kappa shape index (κ1) is 20.1. The summed E-state index contributed by atoms with van der Waals surface area (Å²) in [4.78, 5) is 14.6. The van der Waals surface area contributed by atoms with Crippen LogP contribution in [0, 0.1) is 11.7 Å². The molecular formula is C22H27FN2O3. The maximum absolute atomic E-state index is 13.2. The molecule has 1 aliphatic rings. The number of urea groups is 1. The largest absolute Gasteiger partial charge is 0.497 e. The Morgan fingerprint density at radius 2 is 1.96 bits per heavy atom. The van der Waals surface area contributed by atoms with Crippen LogP contribution in [0.2, 0.25) is 0 Å². The zero-order valence-electron chi connectivity index (χ0n) is 16.1. The number of amides is 2. The summed E-state index contributed by atoms with van der Waals surface area (Å²) in [5.41, 5.74) is 1.89. The second kappa shape index (κ2) is 9.55. The number of ether oxygens (including phenoxy) is 1. The van der Waals surface area contributed by atoms with Crippen molar-refractivity contribution in [2.45, 2.75) is 25.3 Å². The third kappa shape index (κ3) is 5.23. The summed E-state index contributed by atoms with van der Waals surface area (Å²) in [6.07, 6.45) is 2.39. The average Bonchev–Trinajstić information content (AvgIpc) is 2.75. The van der Waals surface area contributed by atoms with Gasteiger partial charge in [0.2, 0.25) is 0 Å². The molecular weight excluding hydrogens is 359 g/mol. The molecule has 6 heteroatoms. The predicted molar refractivity (Wildman–Crippen MR) is 106 cm³/mol. The highest BCUT2D eigenvalue weighted by Gasteiger charge is 2.25. The molecule has 0 bridgehead atoms. The molecule has 0 radical (unpaired) electrons. The SMILES string of the molecule is COc1ccc(C(Cc2ccc(F)cc2)NC(=O)N2CCCC(CO)C2)cc1. The van der Waals surface area contributed by atoms with E-state index in [0.29, 0.717) is 19.5 Å². The normalized spacial score (nSPS) is 17.8. The Kier molecular flexibility index (Phi) is 6.87. The minimum atomic E-state index is -0.280. The van der Waals surface area contributed by atoms with Gasteiger partial charge in [-0.15, -0.1) is 0 Å². The third-order valence-corrected chi connectivity index (χ3v) is 5.23. The third-order valence-electron chi connectivity index (χ3n) is 5.23. The first-order valence-electron chi connectivity index (χ1n) is 9.63. The number of hydrogen-bond donors (Lipinski definition) is 2. The van der Waals surface area contributed by atoms with Gasteiger partial charge in [-0.3, -0.25) is 0 Å². The zero-order valence-corrected chi connectivity index (χ0v) is 16.1. The Labute approximate surface area is 165 Å². The Balaban J connectivity index is 1.76. The number of carbonyl (C=O) groups excluding carboxylic acids is 1. The van der Waals surface area contributed by atoms with E-state index in [-0.39, 0.29) is 30.4 Å². The second-order valence-corrected chi connectivity index (χ2v) is 7.24. The van der Waals surface area contributed by atoms with Crippen LogP contribution in [0.15, 0.2) is 48.5 Å². The van der Waals surface area contributed by atoms with Crippen molar-refractivity contribution in [1.29, 1.82) is 0 Å². The first-order valence-corrected chi connectivity index (χ1v) is 9.63. The number of carbonyl (C=O) groups is 1. The van der Waals surface area contributed by atoms with Gasteiger partial charge in [-0.25, -0.2) is 9.18 Å². The van der Waals surface area contributed by atoms with Crippen LogP contribution in [0.5, 0.6) is 5.75 Å². The fourth-order valence-electron chi connectivity index (χ4n) is 3.58. The van der Waals surface area contributed by atoms with Crippen molar-refractivity contribution in [1.82, 2.24) is 10.2 Å². The van der Waals surface area contributed by atoms with Crippen molar-refractivity contribution in [3.8, 4) is 5.75 Å². The highest BCUT2D eigenvalue weighted by atomic mass is 19.1. The summed E-state index contributed by atoms with van der Waals surface area (Å²) in [6.45, 7) is 1.35. The molecule has 2 amide bonds. The number of hydrogen-bond acceptors (Lipinski definition) is 3. The molecule has 0 saturated carbocycles. The minimum absolute atomic E-state index is 0.0985. The molecule has 1 fully saturated rings. The molecule has 150 valence electrons. The van der Waals surface area contributed by atoms with Crippen molar-refractivity contribution < 1.29 is 19.0 Å². The van der Waals surface area contributed by atoms with E-state index in [0.717, 1.165) is 29.7 Å². The highest BCUT2D eigenvalue weighted by Crippen LogP contribution is 2.23. The summed E-state index contributed by atoms with van der Waals surface area (Å²) in [6, 6.07) is 13.5. The number of methoxy groups -OCH3 is 1. The molecule has 2 N–H and O–H groups in total. The molecule has 1 heterocycles. The van der Waals surface area contributed by atoms with Crippen LogP contribution in [0.1, 0.15) is 30.0 Å². The monoisotopic (exact) mass is 386 g/mol. The van der Waals surface area contributed by atoms with Crippen molar-refractivity contribution in [2.24, 2.45) is 5.92 Å². The van der Waals surface area contributed by atoms with Gasteiger partial charge in [0.05, 0.1) is 13.2 Å². The van der Waals surface area contributed by atoms with Gasteiger partial charge in [0.1, 0.15) is 11.6 Å². The van der Waals surface area contributed by atoms with Crippen LogP contribution in [0.4, 0.5) is 9.18 Å². The van der Waals surface area contributed by atoms with Crippen LogP contribution in [-0.4, -0.2) is 42.8 Å². The molecule has 28 heavy (non-hydrogen) atoms. The number of nitrogens with one attached hydrogen (secondary N) is 1. The van der Waals surface area contributed by atoms with Crippen molar-refractivity contribution in [3.05, 3.63) is 65.5 Å². The molecule has 3 rings (SSSR count). The number of aliphatic hydroxyl groups excluding tert-OH is 1. The molecule has 0 aliphatic carbocycles. The second-order valence-electron chi connectivity index (χ2n) is 7.24. The Hall–Kier alpha value is -2.60. The smallest absolute Gasteiger partial charge is 0.317 e. The molecule has 2 atom stereocenters. The Morgan fingerprint density at radius 3 is 2.61 bits per heavy atom. The maximum Gasteiger partial charge on any atom is 0.317 e. The van der Waals surface area contributed by atoms with Crippen molar-refractivity contribution >= 4 is 6.03 Å². The highest BCUT2D eigenvalue weighted by molar-refractivity contribution is 5.75. The van der Waals surface area contributed by atoms with E-state index in [2.05, 4.69) is 5.32 Å². The van der Waals surface area contributed by atoms with Crippen molar-refractivity contribution in [3.63, 3.8) is 0 Å². The minimum Gasteiger partial charge on any atom is -0.497 e. The van der Waals surface area contributed by atoms with Gasteiger partial charge in [0, 0.05) is 19.7 Å². The summed E-state index contributed by atoms with van der Waals surface area (Å²) in [5, 5.41) is 12.5. The van der Waals surface area contributed by atoms with E-state index in [1.165, 1.54) is 12.1 Å². The maximum atomic E-state index is 13.2. The van der Waals surface area contributed by atoms with Crippen LogP contribution in [0.25, 0.3) is 0 Å². The van der Waals surface area contributed by atoms with E-state index >= 15 is 0 Å². The van der Waals surface area contributed by atoms with E-state index < -0.39 is 0 Å². The van der Waals surface area contributed by atoms with E-state index in [9.17, 15) is 14.3 Å². The fourth-order valence-corrected chi connectivity index (χ4v) is 3.58. The molecule has 5 nitrogen and oxygen atoms in total. The summed E-state index contributed by atoms with van der Waals surface area (Å²) < 4.78 is 18.5. The number of likely N-dealkylation sites (tertiary alicyclic amines) is 1. The molecule has 1 aliphatic heterocycles. The molecule has 2 aromatic carbocycles. The lowest BCUT2D eigenvalue weighted by atomic mass is 9.98. The number of halogens is 1. The fraction of sp³-hybridized carbons (Fsp3) is 0.409. The number of aliphatic hydroxyl groups is 1. The van der Waals surface area contributed by atoms with Crippen LogP contribution in [0.3, 0.4) is 0 Å². The van der Waals surface area contributed by atoms with Crippen molar-refractivity contribution in [2.75, 3.05) is 26.8 Å². The Bertz CT molecular complexity index is 764. The van der Waals surface area contributed by atoms with Crippen LogP contribution >= 0.6 is 0 Å². The lowest BCUT2D eigenvalue weighted by molar-refractivity contribution is 0.128. The van der Waals surface area contributed by atoms with Crippen LogP contribution < -0.4 is 10.1 Å². The Morgan fingerprint density at radius 1 is 1.25 bits per heavy atom. The number of benzene rings is 2. The topological polar surface area (TPSA) is 61.8 Å². The lowest BCUT2D eigenvalue weighted by Crippen LogP contribution is -2.47. The van der Waals surface area contributed by atoms with Crippen LogP contribution in [-0.2, 0) is 6.42 Å². The van der Waals surface area contributed by atoms with Gasteiger partial charge in [-0.05, 0) is 60.6 Å². The molecule has 1 saturated heterocycles. The number of rotatable bonds is 6. The molecule has 2 unspecified atom stereocenters. The first-order chi connectivity index (χ1) is 13.6. The van der Waals surface area contributed by atoms with E-state index in [1.807, 2.05) is 24.3 Å². The lowest BCUT2D eigenvalue weighted by Gasteiger charge is -2.33. The van der Waals surface area contributed by atoms with Gasteiger partial charge in [0.25, 0.3) is 0 Å². The summed E-state index contributed by atoms with van der Waals surface area (Å²) >= 11 is 0. The number of nitrogens with zero attached hydrogens (tertiary/aromatic N) is 1. The van der Waals surface area contributed by atoms with E-state index in [1.54, 1.807) is 24.1 Å². The average molecular weight is 386 g/mol. The zero-order chi connectivity index (χ0) is 19.9. The van der Waals surface area contributed by atoms with Gasteiger partial charge >= 0.3 is 6.03 Å². The molecule has 0 spiro atoms. The van der Waals surface area contributed by atoms with Gasteiger partial charge in [-0.2, -0.15) is 0 Å². The predicted octanol–water partition coefficient (Wildman–Crippen LogP) is 3.53.